The fraction of sp³-hybridized carbons (Fsp3) is 0.636. The standard InChI is InChI=1S/C11H18N4O2S/c1-9-8-10(14-11(12-2)13-9)15-4-3-6-18(16,17)7-5-15/h8H,3-7H2,1-2H3,(H,12,13,14). The van der Waals surface area contributed by atoms with Gasteiger partial charge in [0.1, 0.15) is 5.82 Å². The van der Waals surface area contributed by atoms with Gasteiger partial charge in [-0.25, -0.2) is 13.4 Å². The van der Waals surface area contributed by atoms with E-state index in [1.807, 2.05) is 17.9 Å². The van der Waals surface area contributed by atoms with Crippen LogP contribution in [-0.2, 0) is 9.84 Å². The van der Waals surface area contributed by atoms with Gasteiger partial charge in [-0.15, -0.1) is 0 Å². The van der Waals surface area contributed by atoms with Crippen LogP contribution in [0.4, 0.5) is 11.8 Å². The van der Waals surface area contributed by atoms with E-state index >= 15 is 0 Å². The first-order valence-electron chi connectivity index (χ1n) is 5.99. The third kappa shape index (κ3) is 3.10. The van der Waals surface area contributed by atoms with Gasteiger partial charge in [0.2, 0.25) is 5.95 Å². The van der Waals surface area contributed by atoms with Gasteiger partial charge in [-0.3, -0.25) is 0 Å². The molecule has 0 aliphatic carbocycles. The van der Waals surface area contributed by atoms with E-state index in [1.165, 1.54) is 0 Å². The van der Waals surface area contributed by atoms with Gasteiger partial charge in [0, 0.05) is 31.9 Å². The molecule has 1 aliphatic heterocycles. The molecule has 6 nitrogen and oxygen atoms in total. The molecule has 1 aliphatic rings. The molecule has 1 saturated heterocycles. The first-order chi connectivity index (χ1) is 8.50. The van der Waals surface area contributed by atoms with Gasteiger partial charge in [-0.05, 0) is 13.3 Å². The molecular formula is C11H18N4O2S. The van der Waals surface area contributed by atoms with Gasteiger partial charge < -0.3 is 10.2 Å². The molecule has 0 bridgehead atoms. The van der Waals surface area contributed by atoms with Crippen molar-refractivity contribution < 1.29 is 8.42 Å². The van der Waals surface area contributed by atoms with Crippen molar-refractivity contribution in [3.05, 3.63) is 11.8 Å². The Morgan fingerprint density at radius 1 is 1.28 bits per heavy atom. The third-order valence-electron chi connectivity index (χ3n) is 2.94. The predicted octanol–water partition coefficient (Wildman–Crippen LogP) is 0.452. The predicted molar refractivity (Wildman–Crippen MR) is 71.8 cm³/mol. The summed E-state index contributed by atoms with van der Waals surface area (Å²) in [6.07, 6.45) is 0.653. The maximum absolute atomic E-state index is 11.6. The minimum atomic E-state index is -2.89. The van der Waals surface area contributed by atoms with Gasteiger partial charge in [0.15, 0.2) is 9.84 Å². The van der Waals surface area contributed by atoms with Gasteiger partial charge in [-0.1, -0.05) is 0 Å². The molecule has 2 heterocycles. The molecule has 1 aromatic rings. The van der Waals surface area contributed by atoms with Gasteiger partial charge >= 0.3 is 0 Å². The molecular weight excluding hydrogens is 252 g/mol. The Kier molecular flexibility index (Phi) is 3.70. The molecule has 18 heavy (non-hydrogen) atoms. The second-order valence-corrected chi connectivity index (χ2v) is 6.74. The molecule has 1 N–H and O–H groups in total. The summed E-state index contributed by atoms with van der Waals surface area (Å²) in [6, 6.07) is 1.89. The molecule has 2 rings (SSSR count). The van der Waals surface area contributed by atoms with E-state index in [1.54, 1.807) is 7.05 Å². The number of rotatable bonds is 2. The Morgan fingerprint density at radius 2 is 2.06 bits per heavy atom. The highest BCUT2D eigenvalue weighted by molar-refractivity contribution is 7.91. The number of nitrogens with zero attached hydrogens (tertiary/aromatic N) is 3. The third-order valence-corrected chi connectivity index (χ3v) is 4.66. The zero-order valence-electron chi connectivity index (χ0n) is 10.7. The Morgan fingerprint density at radius 3 is 2.78 bits per heavy atom. The summed E-state index contributed by atoms with van der Waals surface area (Å²) in [5.74, 6) is 1.83. The number of anilines is 2. The summed E-state index contributed by atoms with van der Waals surface area (Å²) in [5, 5.41) is 2.91. The average Bonchev–Trinajstić information content (AvgIpc) is 2.49. The lowest BCUT2D eigenvalue weighted by molar-refractivity contribution is 0.597. The van der Waals surface area contributed by atoms with Crippen LogP contribution >= 0.6 is 0 Å². The summed E-state index contributed by atoms with van der Waals surface area (Å²) < 4.78 is 23.1. The monoisotopic (exact) mass is 270 g/mol. The fourth-order valence-electron chi connectivity index (χ4n) is 1.99. The fourth-order valence-corrected chi connectivity index (χ4v) is 3.26. The lowest BCUT2D eigenvalue weighted by Gasteiger charge is -2.21. The Hall–Kier alpha value is -1.37. The molecule has 0 atom stereocenters. The van der Waals surface area contributed by atoms with Crippen LogP contribution in [0.1, 0.15) is 12.1 Å². The second kappa shape index (κ2) is 5.09. The SMILES string of the molecule is CNc1nc(C)cc(N2CCCS(=O)(=O)CC2)n1. The molecule has 0 saturated carbocycles. The zero-order chi connectivity index (χ0) is 13.2. The quantitative estimate of drug-likeness (QED) is 0.841. The first kappa shape index (κ1) is 13.1. The Bertz CT molecular complexity index is 530. The van der Waals surface area contributed by atoms with Crippen molar-refractivity contribution in [3.8, 4) is 0 Å². The van der Waals surface area contributed by atoms with Gasteiger partial charge in [0.25, 0.3) is 0 Å². The van der Waals surface area contributed by atoms with E-state index < -0.39 is 9.84 Å². The van der Waals surface area contributed by atoms with Crippen LogP contribution in [0.2, 0.25) is 0 Å². The average molecular weight is 270 g/mol. The lowest BCUT2D eigenvalue weighted by atomic mass is 10.3. The number of aromatic nitrogens is 2. The number of hydrogen-bond acceptors (Lipinski definition) is 6. The second-order valence-electron chi connectivity index (χ2n) is 4.43. The van der Waals surface area contributed by atoms with Crippen LogP contribution in [0.15, 0.2) is 6.07 Å². The molecule has 0 radical (unpaired) electrons. The molecule has 0 unspecified atom stereocenters. The molecule has 7 heteroatoms. The summed E-state index contributed by atoms with van der Waals surface area (Å²) in [7, 11) is -1.12. The number of nitrogens with one attached hydrogen (secondary N) is 1. The van der Waals surface area contributed by atoms with Crippen molar-refractivity contribution in [1.29, 1.82) is 0 Å². The minimum Gasteiger partial charge on any atom is -0.357 e. The molecule has 0 amide bonds. The number of hydrogen-bond donors (Lipinski definition) is 1. The van der Waals surface area contributed by atoms with Crippen molar-refractivity contribution in [2.75, 3.05) is 41.9 Å². The van der Waals surface area contributed by atoms with Gasteiger partial charge in [-0.2, -0.15) is 4.98 Å². The molecule has 1 fully saturated rings. The van der Waals surface area contributed by atoms with E-state index in [2.05, 4.69) is 15.3 Å². The first-order valence-corrected chi connectivity index (χ1v) is 7.81. The summed E-state index contributed by atoms with van der Waals surface area (Å²) in [4.78, 5) is 10.6. The van der Waals surface area contributed by atoms with Crippen molar-refractivity contribution in [1.82, 2.24) is 9.97 Å². The van der Waals surface area contributed by atoms with Gasteiger partial charge in [0.05, 0.1) is 11.5 Å². The largest absolute Gasteiger partial charge is 0.357 e. The Balaban J connectivity index is 2.23. The number of sulfone groups is 1. The maximum atomic E-state index is 11.6. The summed E-state index contributed by atoms with van der Waals surface area (Å²) >= 11 is 0. The van der Waals surface area contributed by atoms with Crippen molar-refractivity contribution >= 4 is 21.6 Å². The summed E-state index contributed by atoms with van der Waals surface area (Å²) in [6.45, 7) is 3.13. The van der Waals surface area contributed by atoms with Crippen molar-refractivity contribution in [2.24, 2.45) is 0 Å². The van der Waals surface area contributed by atoms with Crippen LogP contribution < -0.4 is 10.2 Å². The topological polar surface area (TPSA) is 75.2 Å². The van der Waals surface area contributed by atoms with E-state index in [9.17, 15) is 8.42 Å². The van der Waals surface area contributed by atoms with Crippen LogP contribution in [0.5, 0.6) is 0 Å². The highest BCUT2D eigenvalue weighted by Crippen LogP contribution is 2.17. The van der Waals surface area contributed by atoms with Crippen molar-refractivity contribution in [3.63, 3.8) is 0 Å². The highest BCUT2D eigenvalue weighted by Gasteiger charge is 2.20. The minimum absolute atomic E-state index is 0.199. The van der Waals surface area contributed by atoms with Crippen LogP contribution in [0.25, 0.3) is 0 Å². The van der Waals surface area contributed by atoms with Crippen molar-refractivity contribution in [2.45, 2.75) is 13.3 Å². The normalized spacial score (nSPS) is 19.3. The van der Waals surface area contributed by atoms with Crippen LogP contribution in [0, 0.1) is 6.92 Å². The Labute approximate surface area is 107 Å². The highest BCUT2D eigenvalue weighted by atomic mass is 32.2. The summed E-state index contributed by atoms with van der Waals surface area (Å²) in [5.41, 5.74) is 0.872. The van der Waals surface area contributed by atoms with Crippen LogP contribution in [0.3, 0.4) is 0 Å². The van der Waals surface area contributed by atoms with E-state index in [-0.39, 0.29) is 11.5 Å². The smallest absolute Gasteiger partial charge is 0.224 e. The van der Waals surface area contributed by atoms with E-state index in [4.69, 9.17) is 0 Å². The molecule has 1 aromatic heterocycles. The zero-order valence-corrected chi connectivity index (χ0v) is 11.5. The van der Waals surface area contributed by atoms with Crippen LogP contribution in [-0.4, -0.2) is 50.0 Å². The molecule has 100 valence electrons. The van der Waals surface area contributed by atoms with E-state index in [0.29, 0.717) is 18.9 Å². The molecule has 0 aromatic carbocycles. The van der Waals surface area contributed by atoms with E-state index in [0.717, 1.165) is 18.1 Å². The lowest BCUT2D eigenvalue weighted by Crippen LogP contribution is -2.28. The molecule has 0 spiro atoms. The number of aryl methyl sites for hydroxylation is 1. The maximum Gasteiger partial charge on any atom is 0.224 e.